The number of carbonyl (C=O) groups excluding carboxylic acids is 1. The van der Waals surface area contributed by atoms with Crippen molar-refractivity contribution in [3.05, 3.63) is 54.1 Å². The van der Waals surface area contributed by atoms with Gasteiger partial charge in [-0.2, -0.15) is 0 Å². The van der Waals surface area contributed by atoms with E-state index in [9.17, 15) is 4.79 Å². The quantitative estimate of drug-likeness (QED) is 0.857. The molecule has 0 unspecified atom stereocenters. The summed E-state index contributed by atoms with van der Waals surface area (Å²) in [5.74, 6) is 0.484. The van der Waals surface area contributed by atoms with Crippen LogP contribution in [0.1, 0.15) is 24.2 Å². The van der Waals surface area contributed by atoms with Gasteiger partial charge >= 0.3 is 0 Å². The fraction of sp³-hybridized carbons (Fsp3) is 0.235. The van der Waals surface area contributed by atoms with Crippen molar-refractivity contribution in [3.63, 3.8) is 0 Å². The lowest BCUT2D eigenvalue weighted by Gasteiger charge is -2.23. The van der Waals surface area contributed by atoms with E-state index < -0.39 is 0 Å². The second kappa shape index (κ2) is 6.79. The highest BCUT2D eigenvalue weighted by Gasteiger charge is 2.20. The van der Waals surface area contributed by atoms with Crippen LogP contribution >= 0.6 is 0 Å². The van der Waals surface area contributed by atoms with Crippen molar-refractivity contribution < 1.29 is 9.53 Å². The maximum Gasteiger partial charge on any atom is 0.262 e. The topological polar surface area (TPSA) is 55.6 Å². The maximum absolute atomic E-state index is 12.8. The fourth-order valence-electron chi connectivity index (χ4n) is 2.23. The van der Waals surface area contributed by atoms with Gasteiger partial charge in [-0.1, -0.05) is 24.3 Å². The molecular formula is C17H20N2O2. The third kappa shape index (κ3) is 3.16. The number of hydrogen-bond acceptors (Lipinski definition) is 3. The molecule has 0 aliphatic rings. The number of carbonyl (C=O) groups is 1. The van der Waals surface area contributed by atoms with E-state index in [1.807, 2.05) is 44.2 Å². The van der Waals surface area contributed by atoms with Crippen molar-refractivity contribution in [1.29, 1.82) is 0 Å². The molecule has 1 amide bonds. The van der Waals surface area contributed by atoms with Crippen LogP contribution in [0.3, 0.4) is 0 Å². The zero-order valence-corrected chi connectivity index (χ0v) is 12.4. The molecule has 2 rings (SSSR count). The highest BCUT2D eigenvalue weighted by Crippen LogP contribution is 2.27. The SMILES string of the molecule is CCOc1ccccc1C(=O)N(CC)c1ccccc1N. The number of rotatable bonds is 5. The van der Waals surface area contributed by atoms with Gasteiger partial charge < -0.3 is 15.4 Å². The van der Waals surface area contributed by atoms with E-state index in [1.54, 1.807) is 23.1 Å². The summed E-state index contributed by atoms with van der Waals surface area (Å²) < 4.78 is 5.54. The number of ether oxygens (including phenoxy) is 1. The minimum Gasteiger partial charge on any atom is -0.493 e. The van der Waals surface area contributed by atoms with E-state index in [0.717, 1.165) is 5.69 Å². The summed E-state index contributed by atoms with van der Waals surface area (Å²) in [5.41, 5.74) is 7.83. The van der Waals surface area contributed by atoms with Crippen molar-refractivity contribution in [1.82, 2.24) is 0 Å². The average Bonchev–Trinajstić information content (AvgIpc) is 2.50. The molecule has 0 aliphatic carbocycles. The van der Waals surface area contributed by atoms with Crippen LogP contribution in [0.25, 0.3) is 0 Å². The van der Waals surface area contributed by atoms with Crippen LogP contribution in [0, 0.1) is 0 Å². The number of nitrogens with two attached hydrogens (primary N) is 1. The van der Waals surface area contributed by atoms with Gasteiger partial charge in [0.15, 0.2) is 0 Å². The smallest absolute Gasteiger partial charge is 0.262 e. The van der Waals surface area contributed by atoms with E-state index in [4.69, 9.17) is 10.5 Å². The first-order valence-corrected chi connectivity index (χ1v) is 7.07. The lowest BCUT2D eigenvalue weighted by atomic mass is 10.1. The van der Waals surface area contributed by atoms with Crippen molar-refractivity contribution in [2.45, 2.75) is 13.8 Å². The maximum atomic E-state index is 12.8. The summed E-state index contributed by atoms with van der Waals surface area (Å²) >= 11 is 0. The zero-order valence-electron chi connectivity index (χ0n) is 12.4. The molecular weight excluding hydrogens is 264 g/mol. The van der Waals surface area contributed by atoms with Crippen LogP contribution in [0.5, 0.6) is 5.75 Å². The van der Waals surface area contributed by atoms with E-state index in [-0.39, 0.29) is 5.91 Å². The lowest BCUT2D eigenvalue weighted by molar-refractivity contribution is 0.0984. The molecule has 21 heavy (non-hydrogen) atoms. The van der Waals surface area contributed by atoms with Gasteiger partial charge in [-0.15, -0.1) is 0 Å². The Bertz CT molecular complexity index is 626. The molecule has 0 spiro atoms. The number of nitrogen functional groups attached to an aromatic ring is 1. The summed E-state index contributed by atoms with van der Waals surface area (Å²) in [6.07, 6.45) is 0. The molecule has 0 aromatic heterocycles. The van der Waals surface area contributed by atoms with Crippen LogP contribution in [0.15, 0.2) is 48.5 Å². The molecule has 0 atom stereocenters. The Morgan fingerprint density at radius 3 is 2.43 bits per heavy atom. The average molecular weight is 284 g/mol. The molecule has 4 heteroatoms. The minimum absolute atomic E-state index is 0.112. The van der Waals surface area contributed by atoms with Gasteiger partial charge in [-0.25, -0.2) is 0 Å². The van der Waals surface area contributed by atoms with Gasteiger partial charge in [0.25, 0.3) is 5.91 Å². The number of amides is 1. The molecule has 2 aromatic carbocycles. The minimum atomic E-state index is -0.112. The van der Waals surface area contributed by atoms with Crippen LogP contribution in [-0.4, -0.2) is 19.1 Å². The van der Waals surface area contributed by atoms with E-state index in [2.05, 4.69) is 0 Å². The zero-order chi connectivity index (χ0) is 15.2. The Morgan fingerprint density at radius 2 is 1.76 bits per heavy atom. The molecule has 0 radical (unpaired) electrons. The highest BCUT2D eigenvalue weighted by atomic mass is 16.5. The van der Waals surface area contributed by atoms with Crippen LogP contribution in [0.2, 0.25) is 0 Å². The number of hydrogen-bond donors (Lipinski definition) is 1. The monoisotopic (exact) mass is 284 g/mol. The molecule has 0 saturated carbocycles. The number of para-hydroxylation sites is 3. The second-order valence-electron chi connectivity index (χ2n) is 4.54. The van der Waals surface area contributed by atoms with Crippen LogP contribution < -0.4 is 15.4 Å². The first-order chi connectivity index (χ1) is 10.2. The van der Waals surface area contributed by atoms with E-state index in [1.165, 1.54) is 0 Å². The Balaban J connectivity index is 2.40. The first kappa shape index (κ1) is 14.9. The van der Waals surface area contributed by atoms with Gasteiger partial charge in [-0.3, -0.25) is 4.79 Å². The van der Waals surface area contributed by atoms with Crippen LogP contribution in [-0.2, 0) is 0 Å². The van der Waals surface area contributed by atoms with Gasteiger partial charge in [0.1, 0.15) is 5.75 Å². The molecule has 4 nitrogen and oxygen atoms in total. The van der Waals surface area contributed by atoms with E-state index >= 15 is 0 Å². The summed E-state index contributed by atoms with van der Waals surface area (Å²) in [5, 5.41) is 0. The van der Waals surface area contributed by atoms with Gasteiger partial charge in [0.05, 0.1) is 23.5 Å². The van der Waals surface area contributed by atoms with Crippen molar-refractivity contribution >= 4 is 17.3 Å². The lowest BCUT2D eigenvalue weighted by Crippen LogP contribution is -2.31. The molecule has 2 aromatic rings. The third-order valence-electron chi connectivity index (χ3n) is 3.21. The molecule has 0 fully saturated rings. The fourth-order valence-corrected chi connectivity index (χ4v) is 2.23. The Hall–Kier alpha value is -2.49. The summed E-state index contributed by atoms with van der Waals surface area (Å²) in [6.45, 7) is 4.87. The number of benzene rings is 2. The molecule has 0 bridgehead atoms. The van der Waals surface area contributed by atoms with Crippen molar-refractivity contribution in [2.24, 2.45) is 0 Å². The van der Waals surface area contributed by atoms with E-state index in [0.29, 0.717) is 30.2 Å². The number of anilines is 2. The predicted octanol–water partition coefficient (Wildman–Crippen LogP) is 3.33. The Morgan fingerprint density at radius 1 is 1.10 bits per heavy atom. The second-order valence-corrected chi connectivity index (χ2v) is 4.54. The Kier molecular flexibility index (Phi) is 4.82. The molecule has 0 aliphatic heterocycles. The predicted molar refractivity (Wildman–Crippen MR) is 85.8 cm³/mol. The first-order valence-electron chi connectivity index (χ1n) is 7.07. The van der Waals surface area contributed by atoms with Gasteiger partial charge in [0.2, 0.25) is 0 Å². The largest absolute Gasteiger partial charge is 0.493 e. The summed E-state index contributed by atoms with van der Waals surface area (Å²) in [6, 6.07) is 14.6. The van der Waals surface area contributed by atoms with Crippen molar-refractivity contribution in [3.8, 4) is 5.75 Å². The van der Waals surface area contributed by atoms with Crippen molar-refractivity contribution in [2.75, 3.05) is 23.8 Å². The molecule has 110 valence electrons. The van der Waals surface area contributed by atoms with Gasteiger partial charge in [0, 0.05) is 6.54 Å². The molecule has 0 heterocycles. The third-order valence-corrected chi connectivity index (χ3v) is 3.21. The Labute approximate surface area is 125 Å². The standard InChI is InChI=1S/C17H20N2O2/c1-3-19(15-11-7-6-10-14(15)18)17(20)13-9-5-8-12-16(13)21-4-2/h5-12H,3-4,18H2,1-2H3. The summed E-state index contributed by atoms with van der Waals surface area (Å²) in [7, 11) is 0. The number of nitrogens with zero attached hydrogens (tertiary/aromatic N) is 1. The normalized spacial score (nSPS) is 10.2. The molecule has 2 N–H and O–H groups in total. The van der Waals surface area contributed by atoms with Gasteiger partial charge in [-0.05, 0) is 38.1 Å². The summed E-state index contributed by atoms with van der Waals surface area (Å²) in [4.78, 5) is 14.5. The molecule has 0 saturated heterocycles. The van der Waals surface area contributed by atoms with Crippen LogP contribution in [0.4, 0.5) is 11.4 Å². The highest BCUT2D eigenvalue weighted by molar-refractivity contribution is 6.09.